The molecular weight excluding hydrogens is 445 g/mol. The molecule has 0 fully saturated rings. The molecule has 4 aromatic rings. The summed E-state index contributed by atoms with van der Waals surface area (Å²) in [5.41, 5.74) is 3.82. The van der Waals surface area contributed by atoms with Crippen LogP contribution in [0, 0.1) is 26.6 Å². The van der Waals surface area contributed by atoms with Crippen molar-refractivity contribution in [2.45, 2.75) is 27.2 Å². The summed E-state index contributed by atoms with van der Waals surface area (Å²) in [7, 11) is 1.56. The first-order valence-corrected chi connectivity index (χ1v) is 11.3. The van der Waals surface area contributed by atoms with Crippen molar-refractivity contribution in [2.24, 2.45) is 0 Å². The van der Waals surface area contributed by atoms with Gasteiger partial charge < -0.3 is 10.1 Å². The number of nitrogens with zero attached hydrogens (tertiary/aromatic N) is 4. The minimum Gasteiger partial charge on any atom is -0.383 e. The summed E-state index contributed by atoms with van der Waals surface area (Å²) < 4.78 is 21.9. The van der Waals surface area contributed by atoms with Crippen molar-refractivity contribution < 1.29 is 13.9 Å². The van der Waals surface area contributed by atoms with Gasteiger partial charge in [-0.2, -0.15) is 5.10 Å². The maximum atomic E-state index is 13.9. The Balaban J connectivity index is 1.77. The second-order valence-corrected chi connectivity index (χ2v) is 8.59. The predicted molar refractivity (Wildman–Crippen MR) is 125 cm³/mol. The van der Waals surface area contributed by atoms with E-state index in [1.807, 2.05) is 13.8 Å². The van der Waals surface area contributed by atoms with E-state index in [1.165, 1.54) is 27.9 Å². The number of halogens is 1. The number of amides is 1. The smallest absolute Gasteiger partial charge is 0.268 e. The van der Waals surface area contributed by atoms with Gasteiger partial charge in [-0.05, 0) is 44.5 Å². The molecule has 1 amide bonds. The minimum absolute atomic E-state index is 0.0454. The highest BCUT2D eigenvalue weighted by atomic mass is 32.1. The number of methoxy groups -OCH3 is 1. The molecule has 172 valence electrons. The van der Waals surface area contributed by atoms with Crippen LogP contribution in [0.15, 0.2) is 34.4 Å². The lowest BCUT2D eigenvalue weighted by atomic mass is 10.1. The molecular formula is C23H24FN5O3S. The fourth-order valence-electron chi connectivity index (χ4n) is 3.69. The monoisotopic (exact) mass is 469 g/mol. The summed E-state index contributed by atoms with van der Waals surface area (Å²) in [6.45, 7) is 6.28. The molecule has 0 aliphatic carbocycles. The maximum Gasteiger partial charge on any atom is 0.268 e. The van der Waals surface area contributed by atoms with Gasteiger partial charge in [0.25, 0.3) is 5.56 Å². The molecule has 0 aliphatic rings. The highest BCUT2D eigenvalue weighted by Crippen LogP contribution is 2.25. The number of hydrogen-bond donors (Lipinski definition) is 1. The van der Waals surface area contributed by atoms with Crippen LogP contribution in [-0.4, -0.2) is 45.3 Å². The first-order valence-electron chi connectivity index (χ1n) is 10.4. The van der Waals surface area contributed by atoms with E-state index in [-0.39, 0.29) is 23.7 Å². The largest absolute Gasteiger partial charge is 0.383 e. The molecule has 3 heterocycles. The van der Waals surface area contributed by atoms with Crippen LogP contribution in [-0.2, 0) is 16.0 Å². The van der Waals surface area contributed by atoms with E-state index in [0.29, 0.717) is 46.4 Å². The van der Waals surface area contributed by atoms with Crippen molar-refractivity contribution in [2.75, 3.05) is 20.3 Å². The molecule has 0 saturated heterocycles. The molecule has 1 N–H and O–H groups in total. The molecule has 0 saturated carbocycles. The number of benzene rings is 1. The lowest BCUT2D eigenvalue weighted by molar-refractivity contribution is -0.120. The molecule has 3 aromatic heterocycles. The van der Waals surface area contributed by atoms with Crippen LogP contribution >= 0.6 is 11.3 Å². The second kappa shape index (κ2) is 9.24. The van der Waals surface area contributed by atoms with Gasteiger partial charge in [-0.15, -0.1) is 11.3 Å². The lowest BCUT2D eigenvalue weighted by Gasteiger charge is -2.08. The average Bonchev–Trinajstić information content (AvgIpc) is 3.33. The van der Waals surface area contributed by atoms with Crippen LogP contribution < -0.4 is 10.9 Å². The Hall–Kier alpha value is -3.37. The number of fused-ring (bicyclic) bond motifs is 1. The molecule has 1 aromatic carbocycles. The number of aryl methyl sites for hydroxylation is 3. The summed E-state index contributed by atoms with van der Waals surface area (Å²) in [5.74, 6) is -0.569. The van der Waals surface area contributed by atoms with Gasteiger partial charge in [0.15, 0.2) is 4.96 Å². The topological polar surface area (TPSA) is 90.5 Å². The molecule has 33 heavy (non-hydrogen) atoms. The summed E-state index contributed by atoms with van der Waals surface area (Å²) in [5, 5.41) is 9.14. The average molecular weight is 470 g/mol. The van der Waals surface area contributed by atoms with Crippen LogP contribution in [0.5, 0.6) is 0 Å². The Morgan fingerprint density at radius 2 is 2.03 bits per heavy atom. The number of nitrogens with one attached hydrogen (secondary N) is 1. The van der Waals surface area contributed by atoms with Crippen LogP contribution in [0.4, 0.5) is 4.39 Å². The van der Waals surface area contributed by atoms with E-state index < -0.39 is 0 Å². The molecule has 0 aliphatic heterocycles. The van der Waals surface area contributed by atoms with Gasteiger partial charge in [-0.25, -0.2) is 14.1 Å². The third kappa shape index (κ3) is 4.44. The van der Waals surface area contributed by atoms with Crippen molar-refractivity contribution in [3.05, 3.63) is 68.5 Å². The highest BCUT2D eigenvalue weighted by molar-refractivity contribution is 7.15. The summed E-state index contributed by atoms with van der Waals surface area (Å²) in [6.07, 6.45) is 0.0454. The van der Waals surface area contributed by atoms with Crippen LogP contribution in [0.25, 0.3) is 21.9 Å². The Morgan fingerprint density at radius 3 is 2.79 bits per heavy atom. The van der Waals surface area contributed by atoms with Crippen LogP contribution in [0.2, 0.25) is 0 Å². The van der Waals surface area contributed by atoms with Crippen molar-refractivity contribution >= 4 is 22.2 Å². The number of carbonyl (C=O) groups excluding carboxylic acids is 1. The molecule has 4 rings (SSSR count). The Bertz CT molecular complexity index is 1410. The van der Waals surface area contributed by atoms with E-state index >= 15 is 0 Å². The zero-order valence-corrected chi connectivity index (χ0v) is 19.6. The first-order chi connectivity index (χ1) is 15.8. The number of aromatic nitrogens is 4. The quantitative estimate of drug-likeness (QED) is 0.420. The standard InChI is InChI=1S/C23H24FN5O3S/c1-13-5-6-16(24)10-19(13)29-14(2)9-18(27-29)21-15(3)26-23-28(22(21)31)17(12-33-23)11-20(30)25-7-8-32-4/h5-6,9-10,12H,7-8,11H2,1-4H3,(H,25,30). The number of ether oxygens (including phenoxy) is 1. The molecule has 0 bridgehead atoms. The van der Waals surface area contributed by atoms with E-state index in [0.717, 1.165) is 11.3 Å². The van der Waals surface area contributed by atoms with Gasteiger partial charge in [0, 0.05) is 30.4 Å². The van der Waals surface area contributed by atoms with E-state index in [4.69, 9.17) is 4.74 Å². The van der Waals surface area contributed by atoms with Gasteiger partial charge in [0.2, 0.25) is 5.91 Å². The van der Waals surface area contributed by atoms with Crippen LogP contribution in [0.1, 0.15) is 22.6 Å². The molecule has 10 heteroatoms. The van der Waals surface area contributed by atoms with E-state index in [1.54, 1.807) is 36.2 Å². The van der Waals surface area contributed by atoms with Gasteiger partial charge in [-0.1, -0.05) is 6.07 Å². The molecule has 0 unspecified atom stereocenters. The SMILES string of the molecule is COCCNC(=O)Cc1csc2nc(C)c(-c3cc(C)n(-c4cc(F)ccc4C)n3)c(=O)n12. The lowest BCUT2D eigenvalue weighted by Crippen LogP contribution is -2.30. The first kappa shape index (κ1) is 22.8. The molecule has 0 atom stereocenters. The Morgan fingerprint density at radius 1 is 1.24 bits per heavy atom. The fourth-order valence-corrected chi connectivity index (χ4v) is 4.62. The number of thiazole rings is 1. The third-order valence-electron chi connectivity index (χ3n) is 5.33. The van der Waals surface area contributed by atoms with Gasteiger partial charge >= 0.3 is 0 Å². The highest BCUT2D eigenvalue weighted by Gasteiger charge is 2.20. The van der Waals surface area contributed by atoms with Crippen LogP contribution in [0.3, 0.4) is 0 Å². The summed E-state index contributed by atoms with van der Waals surface area (Å²) in [6, 6.07) is 6.29. The number of hydrogen-bond acceptors (Lipinski definition) is 6. The number of carbonyl (C=O) groups is 1. The Labute approximate surface area is 193 Å². The van der Waals surface area contributed by atoms with Crippen molar-refractivity contribution in [1.82, 2.24) is 24.5 Å². The Kier molecular flexibility index (Phi) is 6.39. The van der Waals surface area contributed by atoms with E-state index in [2.05, 4.69) is 15.4 Å². The molecule has 0 spiro atoms. The zero-order chi connectivity index (χ0) is 23.7. The molecule has 8 nitrogen and oxygen atoms in total. The second-order valence-electron chi connectivity index (χ2n) is 7.76. The van der Waals surface area contributed by atoms with Gasteiger partial charge in [-0.3, -0.25) is 14.0 Å². The minimum atomic E-state index is -0.363. The summed E-state index contributed by atoms with van der Waals surface area (Å²) in [4.78, 5) is 30.9. The van der Waals surface area contributed by atoms with Gasteiger partial charge in [0.1, 0.15) is 11.5 Å². The third-order valence-corrected chi connectivity index (χ3v) is 6.21. The van der Waals surface area contributed by atoms with E-state index in [9.17, 15) is 14.0 Å². The van der Waals surface area contributed by atoms with Gasteiger partial charge in [0.05, 0.1) is 30.0 Å². The van der Waals surface area contributed by atoms with Crippen molar-refractivity contribution in [3.63, 3.8) is 0 Å². The fraction of sp³-hybridized carbons (Fsp3) is 0.304. The molecule has 0 radical (unpaired) electrons. The normalized spacial score (nSPS) is 11.3. The van der Waals surface area contributed by atoms with Crippen molar-refractivity contribution in [3.8, 4) is 16.9 Å². The zero-order valence-electron chi connectivity index (χ0n) is 18.8. The summed E-state index contributed by atoms with van der Waals surface area (Å²) >= 11 is 1.31. The predicted octanol–water partition coefficient (Wildman–Crippen LogP) is 2.98. The number of rotatable bonds is 7. The van der Waals surface area contributed by atoms with Crippen molar-refractivity contribution in [1.29, 1.82) is 0 Å². The maximum absolute atomic E-state index is 13.9.